The van der Waals surface area contributed by atoms with Gasteiger partial charge in [0.15, 0.2) is 0 Å². The van der Waals surface area contributed by atoms with Crippen LogP contribution >= 0.6 is 23.2 Å². The van der Waals surface area contributed by atoms with Gasteiger partial charge in [-0.15, -0.1) is 11.6 Å². The van der Waals surface area contributed by atoms with Gasteiger partial charge in [-0.3, -0.25) is 9.59 Å². The van der Waals surface area contributed by atoms with Crippen LogP contribution < -0.4 is 10.1 Å². The van der Waals surface area contributed by atoms with Crippen molar-refractivity contribution in [3.63, 3.8) is 0 Å². The van der Waals surface area contributed by atoms with E-state index in [0.29, 0.717) is 23.7 Å². The maximum atomic E-state index is 13.5. The van der Waals surface area contributed by atoms with Crippen molar-refractivity contribution in [2.24, 2.45) is 0 Å². The number of alkyl halides is 1. The van der Waals surface area contributed by atoms with Gasteiger partial charge in [0.05, 0.1) is 7.11 Å². The molecule has 2 aromatic rings. The zero-order valence-corrected chi connectivity index (χ0v) is 19.9. The first-order valence-corrected chi connectivity index (χ1v) is 12.0. The highest BCUT2D eigenvalue weighted by Gasteiger charge is 2.32. The lowest BCUT2D eigenvalue weighted by Crippen LogP contribution is -2.48. The van der Waals surface area contributed by atoms with Crippen LogP contribution in [0, 0.1) is 0 Å². The lowest BCUT2D eigenvalue weighted by molar-refractivity contribution is -0.139. The fraction of sp³-hybridized carbons (Fsp3) is 0.440. The van der Waals surface area contributed by atoms with E-state index in [1.54, 1.807) is 24.1 Å². The Bertz CT molecular complexity index is 898. The van der Waals surface area contributed by atoms with E-state index in [9.17, 15) is 9.59 Å². The number of carbonyl (C=O) groups is 2. The molecule has 1 aliphatic carbocycles. The molecule has 0 radical (unpaired) electrons. The monoisotopic (exact) mass is 476 g/mol. The molecule has 1 atom stereocenters. The summed E-state index contributed by atoms with van der Waals surface area (Å²) in [6.07, 6.45) is 5.85. The Morgan fingerprint density at radius 2 is 1.78 bits per heavy atom. The number of rotatable bonds is 9. The summed E-state index contributed by atoms with van der Waals surface area (Å²) >= 11 is 12.3. The number of benzene rings is 2. The fourth-order valence-electron chi connectivity index (χ4n) is 4.20. The van der Waals surface area contributed by atoms with E-state index in [1.807, 2.05) is 36.4 Å². The van der Waals surface area contributed by atoms with E-state index in [4.69, 9.17) is 27.9 Å². The number of carbonyl (C=O) groups excluding carboxylic acids is 2. The van der Waals surface area contributed by atoms with Gasteiger partial charge in [-0.05, 0) is 48.6 Å². The topological polar surface area (TPSA) is 58.6 Å². The van der Waals surface area contributed by atoms with Crippen molar-refractivity contribution in [1.82, 2.24) is 10.2 Å². The van der Waals surface area contributed by atoms with Crippen molar-refractivity contribution in [1.29, 1.82) is 0 Å². The smallest absolute Gasteiger partial charge is 0.247 e. The van der Waals surface area contributed by atoms with Crippen molar-refractivity contribution in [3.8, 4) is 5.75 Å². The molecule has 0 aromatic heterocycles. The van der Waals surface area contributed by atoms with Crippen LogP contribution in [0.1, 0.15) is 49.3 Å². The average Bonchev–Trinajstić information content (AvgIpc) is 2.83. The summed E-state index contributed by atoms with van der Waals surface area (Å²) in [5.74, 6) is 0.0100. The Labute approximate surface area is 200 Å². The van der Waals surface area contributed by atoms with E-state index >= 15 is 0 Å². The van der Waals surface area contributed by atoms with E-state index in [1.165, 1.54) is 6.42 Å². The zero-order chi connectivity index (χ0) is 22.9. The highest BCUT2D eigenvalue weighted by Crippen LogP contribution is 2.27. The third-order valence-corrected chi connectivity index (χ3v) is 6.56. The molecular formula is C25H30Cl2N2O3. The number of amides is 2. The minimum atomic E-state index is -0.781. The average molecular weight is 477 g/mol. The summed E-state index contributed by atoms with van der Waals surface area (Å²) in [4.78, 5) is 28.0. The van der Waals surface area contributed by atoms with Gasteiger partial charge in [-0.25, -0.2) is 0 Å². The normalized spacial score (nSPS) is 15.1. The predicted molar refractivity (Wildman–Crippen MR) is 128 cm³/mol. The van der Waals surface area contributed by atoms with E-state index in [2.05, 4.69) is 5.32 Å². The molecule has 2 amide bonds. The van der Waals surface area contributed by atoms with Crippen LogP contribution in [0.4, 0.5) is 0 Å². The molecule has 0 aliphatic heterocycles. The van der Waals surface area contributed by atoms with Crippen LogP contribution in [0.5, 0.6) is 5.75 Å². The summed E-state index contributed by atoms with van der Waals surface area (Å²) in [6.45, 7) is 0.323. The molecule has 1 fully saturated rings. The summed E-state index contributed by atoms with van der Waals surface area (Å²) in [5, 5.41) is 3.82. The molecule has 0 saturated heterocycles. The third kappa shape index (κ3) is 6.39. The first-order valence-electron chi connectivity index (χ1n) is 11.1. The summed E-state index contributed by atoms with van der Waals surface area (Å²) in [7, 11) is 1.59. The van der Waals surface area contributed by atoms with E-state index in [0.717, 1.165) is 36.8 Å². The molecular weight excluding hydrogens is 447 g/mol. The molecule has 5 nitrogen and oxygen atoms in total. The van der Waals surface area contributed by atoms with Crippen LogP contribution in [0.3, 0.4) is 0 Å². The van der Waals surface area contributed by atoms with Gasteiger partial charge in [0.25, 0.3) is 0 Å². The molecule has 0 heterocycles. The third-order valence-electron chi connectivity index (χ3n) is 5.96. The van der Waals surface area contributed by atoms with Crippen molar-refractivity contribution in [3.05, 3.63) is 64.7 Å². The molecule has 0 bridgehead atoms. The molecule has 172 valence electrons. The molecule has 7 heteroatoms. The quantitative estimate of drug-likeness (QED) is 0.509. The van der Waals surface area contributed by atoms with Crippen LogP contribution in [-0.4, -0.2) is 42.3 Å². The van der Waals surface area contributed by atoms with Crippen LogP contribution in [0.25, 0.3) is 0 Å². The first-order chi connectivity index (χ1) is 15.5. The second-order valence-corrected chi connectivity index (χ2v) is 8.76. The molecule has 3 rings (SSSR count). The molecule has 1 N–H and O–H groups in total. The highest BCUT2D eigenvalue weighted by molar-refractivity contribution is 6.31. The van der Waals surface area contributed by atoms with Crippen LogP contribution in [0.2, 0.25) is 5.02 Å². The molecule has 1 saturated carbocycles. The van der Waals surface area contributed by atoms with Crippen molar-refractivity contribution in [2.45, 2.75) is 50.6 Å². The van der Waals surface area contributed by atoms with Gasteiger partial charge < -0.3 is 15.0 Å². The van der Waals surface area contributed by atoms with E-state index < -0.39 is 6.04 Å². The SMILES string of the molecule is COc1ccc([C@H](C(=O)NC2CCCCC2)N(CCc2ccccc2Cl)C(=O)CCl)cc1. The number of nitrogens with zero attached hydrogens (tertiary/aromatic N) is 1. The molecule has 32 heavy (non-hydrogen) atoms. The maximum absolute atomic E-state index is 13.5. The largest absolute Gasteiger partial charge is 0.497 e. The Hall–Kier alpha value is -2.24. The number of hydrogen-bond donors (Lipinski definition) is 1. The van der Waals surface area contributed by atoms with Crippen molar-refractivity contribution < 1.29 is 14.3 Å². The van der Waals surface area contributed by atoms with Gasteiger partial charge in [-0.2, -0.15) is 0 Å². The Kier molecular flexibility index (Phi) is 9.24. The number of hydrogen-bond acceptors (Lipinski definition) is 3. The molecule has 0 spiro atoms. The Morgan fingerprint density at radius 3 is 2.41 bits per heavy atom. The van der Waals surface area contributed by atoms with Crippen LogP contribution in [0.15, 0.2) is 48.5 Å². The second-order valence-electron chi connectivity index (χ2n) is 8.08. The number of nitrogens with one attached hydrogen (secondary N) is 1. The lowest BCUT2D eigenvalue weighted by atomic mass is 9.94. The maximum Gasteiger partial charge on any atom is 0.247 e. The van der Waals surface area contributed by atoms with Gasteiger partial charge in [0, 0.05) is 17.6 Å². The molecule has 0 unspecified atom stereocenters. The van der Waals surface area contributed by atoms with Gasteiger partial charge in [0.2, 0.25) is 11.8 Å². The standard InChI is InChI=1S/C25H30Cl2N2O3/c1-32-21-13-11-19(12-14-21)24(25(31)28-20-8-3-2-4-9-20)29(23(30)17-26)16-15-18-7-5-6-10-22(18)27/h5-7,10-14,20,24H,2-4,8-9,15-17H2,1H3,(H,28,31)/t24-/m1/s1. The van der Waals surface area contributed by atoms with Gasteiger partial charge >= 0.3 is 0 Å². The summed E-state index contributed by atoms with van der Waals surface area (Å²) in [6, 6.07) is 14.1. The first kappa shape index (κ1) is 24.4. The predicted octanol–water partition coefficient (Wildman–Crippen LogP) is 5.15. The molecule has 1 aliphatic rings. The number of ether oxygens (including phenoxy) is 1. The highest BCUT2D eigenvalue weighted by atomic mass is 35.5. The van der Waals surface area contributed by atoms with E-state index in [-0.39, 0.29) is 23.7 Å². The number of methoxy groups -OCH3 is 1. The minimum Gasteiger partial charge on any atom is -0.497 e. The second kappa shape index (κ2) is 12.1. The van der Waals surface area contributed by atoms with Gasteiger partial charge in [-0.1, -0.05) is 61.2 Å². The van der Waals surface area contributed by atoms with Crippen LogP contribution in [-0.2, 0) is 16.0 Å². The Morgan fingerprint density at radius 1 is 1.09 bits per heavy atom. The fourth-order valence-corrected chi connectivity index (χ4v) is 4.59. The Balaban J connectivity index is 1.89. The minimum absolute atomic E-state index is 0.133. The zero-order valence-electron chi connectivity index (χ0n) is 18.4. The molecule has 2 aromatic carbocycles. The number of halogens is 2. The van der Waals surface area contributed by atoms with Gasteiger partial charge in [0.1, 0.15) is 17.7 Å². The lowest BCUT2D eigenvalue weighted by Gasteiger charge is -2.33. The van der Waals surface area contributed by atoms with Crippen molar-refractivity contribution >= 4 is 35.0 Å². The van der Waals surface area contributed by atoms with Crippen molar-refractivity contribution in [2.75, 3.05) is 19.5 Å². The summed E-state index contributed by atoms with van der Waals surface area (Å²) in [5.41, 5.74) is 1.64. The summed E-state index contributed by atoms with van der Waals surface area (Å²) < 4.78 is 5.26.